The van der Waals surface area contributed by atoms with Crippen LogP contribution in [-0.4, -0.2) is 26.7 Å². The fraction of sp³-hybridized carbons (Fsp3) is 0.333. The highest BCUT2D eigenvalue weighted by Crippen LogP contribution is 2.09. The molecule has 0 amide bonds. The van der Waals surface area contributed by atoms with Gasteiger partial charge in [0.05, 0.1) is 0 Å². The Labute approximate surface area is 97.6 Å². The molecule has 0 aromatic carbocycles. The van der Waals surface area contributed by atoms with Crippen LogP contribution < -0.4 is 16.6 Å². The molecule has 0 saturated carbocycles. The first-order valence-electron chi connectivity index (χ1n) is 5.09. The van der Waals surface area contributed by atoms with E-state index in [9.17, 15) is 0 Å². The molecule has 0 aliphatic rings. The minimum Gasteiger partial charge on any atom is -0.369 e. The van der Waals surface area contributed by atoms with E-state index < -0.39 is 0 Å². The number of nitrogens with two attached hydrogens (primary N) is 1. The van der Waals surface area contributed by atoms with E-state index in [-0.39, 0.29) is 0 Å². The zero-order valence-corrected chi connectivity index (χ0v) is 9.34. The van der Waals surface area contributed by atoms with Crippen molar-refractivity contribution in [1.82, 2.24) is 20.1 Å². The number of rotatable bonds is 5. The van der Waals surface area contributed by atoms with Crippen molar-refractivity contribution in [3.63, 3.8) is 0 Å². The lowest BCUT2D eigenvalue weighted by molar-refractivity contribution is 0.379. The molecule has 0 fully saturated rings. The molecular formula is C9H13N7O. The molecule has 0 bridgehead atoms. The summed E-state index contributed by atoms with van der Waals surface area (Å²) in [4.78, 5) is 12.2. The highest BCUT2D eigenvalue weighted by atomic mass is 16.5. The number of nitrogen functional groups attached to an aromatic ring is 1. The Morgan fingerprint density at radius 2 is 2.18 bits per heavy atom. The summed E-state index contributed by atoms with van der Waals surface area (Å²) in [5.41, 5.74) is 2.48. The fourth-order valence-corrected chi connectivity index (χ4v) is 1.34. The van der Waals surface area contributed by atoms with E-state index >= 15 is 0 Å². The molecule has 0 spiro atoms. The van der Waals surface area contributed by atoms with Gasteiger partial charge >= 0.3 is 0 Å². The standard InChI is InChI=1S/C9H13N7O/c1-6-14-7(4-8(15-6)16-10)11-3-2-9-12-5-13-17-9/h4-5H,2-3,10H2,1H3,(H2,11,14,15,16). The van der Waals surface area contributed by atoms with Crippen molar-refractivity contribution in [2.45, 2.75) is 13.3 Å². The van der Waals surface area contributed by atoms with Gasteiger partial charge < -0.3 is 15.3 Å². The number of hydrogen-bond acceptors (Lipinski definition) is 8. The quantitative estimate of drug-likeness (QED) is 0.494. The van der Waals surface area contributed by atoms with Gasteiger partial charge in [0.25, 0.3) is 0 Å². The average molecular weight is 235 g/mol. The fourth-order valence-electron chi connectivity index (χ4n) is 1.34. The molecule has 0 saturated heterocycles. The van der Waals surface area contributed by atoms with Gasteiger partial charge in [-0.05, 0) is 6.92 Å². The third-order valence-corrected chi connectivity index (χ3v) is 2.04. The Bertz CT molecular complexity index is 470. The normalized spacial score (nSPS) is 10.2. The van der Waals surface area contributed by atoms with Crippen molar-refractivity contribution in [1.29, 1.82) is 0 Å². The van der Waals surface area contributed by atoms with Crippen LogP contribution in [0.4, 0.5) is 11.6 Å². The molecule has 0 radical (unpaired) electrons. The number of aromatic nitrogens is 4. The number of nitrogens with zero attached hydrogens (tertiary/aromatic N) is 4. The molecule has 2 aromatic heterocycles. The lowest BCUT2D eigenvalue weighted by atomic mass is 10.4. The maximum atomic E-state index is 5.29. The minimum atomic E-state index is 0.567. The number of hydrogen-bond donors (Lipinski definition) is 3. The van der Waals surface area contributed by atoms with E-state index in [0.29, 0.717) is 36.3 Å². The van der Waals surface area contributed by atoms with E-state index in [1.807, 2.05) is 0 Å². The van der Waals surface area contributed by atoms with Crippen LogP contribution >= 0.6 is 0 Å². The maximum Gasteiger partial charge on any atom is 0.228 e. The zero-order chi connectivity index (χ0) is 12.1. The molecule has 2 heterocycles. The van der Waals surface area contributed by atoms with Gasteiger partial charge in [0, 0.05) is 19.0 Å². The lowest BCUT2D eigenvalue weighted by Crippen LogP contribution is -2.12. The average Bonchev–Trinajstić information content (AvgIpc) is 2.81. The molecule has 8 nitrogen and oxygen atoms in total. The van der Waals surface area contributed by atoms with E-state index in [1.165, 1.54) is 6.33 Å². The van der Waals surface area contributed by atoms with Crippen LogP contribution in [0.15, 0.2) is 16.9 Å². The predicted molar refractivity (Wildman–Crippen MR) is 61.1 cm³/mol. The zero-order valence-electron chi connectivity index (χ0n) is 9.34. The maximum absolute atomic E-state index is 5.29. The third kappa shape index (κ3) is 3.11. The van der Waals surface area contributed by atoms with Crippen LogP contribution in [0.2, 0.25) is 0 Å². The molecule has 0 aliphatic heterocycles. The van der Waals surface area contributed by atoms with E-state index in [0.717, 1.165) is 0 Å². The van der Waals surface area contributed by atoms with Gasteiger partial charge in [0.2, 0.25) is 5.89 Å². The topological polar surface area (TPSA) is 115 Å². The summed E-state index contributed by atoms with van der Waals surface area (Å²) in [5.74, 6) is 7.78. The first kappa shape index (κ1) is 11.3. The Morgan fingerprint density at radius 1 is 1.35 bits per heavy atom. The SMILES string of the molecule is Cc1nc(NN)cc(NCCc2ncno2)n1. The van der Waals surface area contributed by atoms with Gasteiger partial charge in [-0.1, -0.05) is 5.16 Å². The molecule has 8 heteroatoms. The van der Waals surface area contributed by atoms with Crippen molar-refractivity contribution >= 4 is 11.6 Å². The van der Waals surface area contributed by atoms with Gasteiger partial charge in [0.15, 0.2) is 6.33 Å². The molecule has 0 unspecified atom stereocenters. The molecule has 2 aromatic rings. The molecule has 2 rings (SSSR count). The van der Waals surface area contributed by atoms with Gasteiger partial charge in [-0.15, -0.1) is 0 Å². The van der Waals surface area contributed by atoms with Gasteiger partial charge in [-0.3, -0.25) is 0 Å². The highest BCUT2D eigenvalue weighted by Gasteiger charge is 2.02. The first-order valence-corrected chi connectivity index (χ1v) is 5.09. The largest absolute Gasteiger partial charge is 0.369 e. The van der Waals surface area contributed by atoms with E-state index in [1.54, 1.807) is 13.0 Å². The molecule has 0 aliphatic carbocycles. The first-order chi connectivity index (χ1) is 8.28. The molecule has 4 N–H and O–H groups in total. The number of nitrogens with one attached hydrogen (secondary N) is 2. The van der Waals surface area contributed by atoms with Gasteiger partial charge in [-0.2, -0.15) is 4.98 Å². The lowest BCUT2D eigenvalue weighted by Gasteiger charge is -2.06. The van der Waals surface area contributed by atoms with Gasteiger partial charge in [0.1, 0.15) is 17.5 Å². The second-order valence-electron chi connectivity index (χ2n) is 3.34. The van der Waals surface area contributed by atoms with Crippen molar-refractivity contribution in [3.8, 4) is 0 Å². The van der Waals surface area contributed by atoms with Crippen LogP contribution in [0, 0.1) is 6.92 Å². The van der Waals surface area contributed by atoms with Crippen molar-refractivity contribution in [3.05, 3.63) is 24.1 Å². The Hall–Kier alpha value is -2.22. The summed E-state index contributed by atoms with van der Waals surface area (Å²) in [6, 6.07) is 1.72. The van der Waals surface area contributed by atoms with E-state index in [4.69, 9.17) is 10.4 Å². The third-order valence-electron chi connectivity index (χ3n) is 2.04. The van der Waals surface area contributed by atoms with Gasteiger partial charge in [-0.25, -0.2) is 15.8 Å². The van der Waals surface area contributed by atoms with Crippen LogP contribution in [-0.2, 0) is 6.42 Å². The smallest absolute Gasteiger partial charge is 0.228 e. The monoisotopic (exact) mass is 235 g/mol. The predicted octanol–water partition coefficient (Wildman–Crippen LogP) is 0.108. The summed E-state index contributed by atoms with van der Waals surface area (Å²) < 4.78 is 4.87. The Morgan fingerprint density at radius 3 is 2.88 bits per heavy atom. The summed E-state index contributed by atoms with van der Waals surface area (Å²) >= 11 is 0. The van der Waals surface area contributed by atoms with E-state index in [2.05, 4.69) is 30.9 Å². The number of aryl methyl sites for hydroxylation is 1. The summed E-state index contributed by atoms with van der Waals surface area (Å²) in [7, 11) is 0. The van der Waals surface area contributed by atoms with Crippen LogP contribution in [0.25, 0.3) is 0 Å². The Balaban J connectivity index is 1.92. The molecule has 0 atom stereocenters. The Kier molecular flexibility index (Phi) is 3.46. The van der Waals surface area contributed by atoms with Crippen LogP contribution in [0.5, 0.6) is 0 Å². The summed E-state index contributed by atoms with van der Waals surface area (Å²) in [6.07, 6.45) is 2.01. The minimum absolute atomic E-state index is 0.567. The summed E-state index contributed by atoms with van der Waals surface area (Å²) in [6.45, 7) is 2.44. The summed E-state index contributed by atoms with van der Waals surface area (Å²) in [5, 5.41) is 6.65. The molecule has 17 heavy (non-hydrogen) atoms. The van der Waals surface area contributed by atoms with Crippen LogP contribution in [0.1, 0.15) is 11.7 Å². The van der Waals surface area contributed by atoms with Crippen LogP contribution in [0.3, 0.4) is 0 Å². The second kappa shape index (κ2) is 5.21. The molecule has 90 valence electrons. The van der Waals surface area contributed by atoms with Crippen molar-refractivity contribution < 1.29 is 4.52 Å². The van der Waals surface area contributed by atoms with Crippen molar-refractivity contribution in [2.75, 3.05) is 17.3 Å². The van der Waals surface area contributed by atoms with Crippen molar-refractivity contribution in [2.24, 2.45) is 5.84 Å². The number of anilines is 2. The second-order valence-corrected chi connectivity index (χ2v) is 3.34. The number of hydrazine groups is 1. The molecular weight excluding hydrogens is 222 g/mol. The highest BCUT2D eigenvalue weighted by molar-refractivity contribution is 5.46.